The lowest BCUT2D eigenvalue weighted by atomic mass is 10.1. The van der Waals surface area contributed by atoms with Crippen molar-refractivity contribution in [1.82, 2.24) is 5.01 Å². The summed E-state index contributed by atoms with van der Waals surface area (Å²) in [5.41, 5.74) is 3.24. The number of aryl methyl sites for hydroxylation is 3. The number of carbonyl (C=O) groups excluding carboxylic acids is 2. The van der Waals surface area contributed by atoms with Crippen molar-refractivity contribution >= 4 is 17.6 Å². The zero-order valence-corrected chi connectivity index (χ0v) is 12.2. The zero-order valence-electron chi connectivity index (χ0n) is 12.2. The predicted molar refractivity (Wildman–Crippen MR) is 75.7 cm³/mol. The van der Waals surface area contributed by atoms with Crippen LogP contribution in [0.4, 0.5) is 0 Å². The van der Waals surface area contributed by atoms with Gasteiger partial charge in [-0.05, 0) is 31.9 Å². The maximum Gasteiger partial charge on any atom is 0.359 e. The first kappa shape index (κ1) is 14.2. The summed E-state index contributed by atoms with van der Waals surface area (Å²) in [6.45, 7) is 5.80. The van der Waals surface area contributed by atoms with E-state index >= 15 is 0 Å². The normalized spacial score (nSPS) is 15.1. The summed E-state index contributed by atoms with van der Waals surface area (Å²) < 4.78 is 5.45. The summed E-state index contributed by atoms with van der Waals surface area (Å²) in [7, 11) is 1.54. The Morgan fingerprint density at radius 3 is 2.35 bits per heavy atom. The molecule has 106 valence electrons. The highest BCUT2D eigenvalue weighted by molar-refractivity contribution is 6.37. The van der Waals surface area contributed by atoms with E-state index in [-0.39, 0.29) is 18.0 Å². The van der Waals surface area contributed by atoms with Gasteiger partial charge in [-0.2, -0.15) is 5.10 Å². The topological polar surface area (TPSA) is 59.0 Å². The number of benzene rings is 1. The fourth-order valence-corrected chi connectivity index (χ4v) is 2.30. The molecule has 0 N–H and O–H groups in total. The molecule has 0 saturated heterocycles. The molecule has 1 aliphatic heterocycles. The lowest BCUT2D eigenvalue weighted by Gasteiger charge is -2.19. The van der Waals surface area contributed by atoms with Crippen LogP contribution in [0.5, 0.6) is 5.75 Å². The van der Waals surface area contributed by atoms with Crippen molar-refractivity contribution in [1.29, 1.82) is 0 Å². The fraction of sp³-hybridized carbons (Fsp3) is 0.400. The number of carbonyl (C=O) groups is 2. The Morgan fingerprint density at radius 1 is 1.20 bits per heavy atom. The van der Waals surface area contributed by atoms with E-state index in [1.807, 2.05) is 32.9 Å². The average Bonchev–Trinajstić information content (AvgIpc) is 2.36. The maximum absolute atomic E-state index is 12.1. The largest absolute Gasteiger partial charge is 0.421 e. The first-order valence-corrected chi connectivity index (χ1v) is 6.52. The number of amides is 1. The highest BCUT2D eigenvalue weighted by Crippen LogP contribution is 2.25. The molecular formula is C15H18N2O3. The highest BCUT2D eigenvalue weighted by Gasteiger charge is 2.24. The minimum atomic E-state index is -0.487. The Hall–Kier alpha value is -2.17. The van der Waals surface area contributed by atoms with Crippen LogP contribution in [0.2, 0.25) is 0 Å². The number of esters is 1. The number of ether oxygens (including phenoxy) is 1. The van der Waals surface area contributed by atoms with E-state index < -0.39 is 5.97 Å². The van der Waals surface area contributed by atoms with Crippen LogP contribution in [0.1, 0.15) is 29.5 Å². The van der Waals surface area contributed by atoms with Gasteiger partial charge in [-0.25, -0.2) is 9.80 Å². The van der Waals surface area contributed by atoms with Crippen LogP contribution in [-0.4, -0.2) is 29.6 Å². The molecular weight excluding hydrogens is 256 g/mol. The van der Waals surface area contributed by atoms with Crippen molar-refractivity contribution in [2.75, 3.05) is 7.05 Å². The van der Waals surface area contributed by atoms with Gasteiger partial charge >= 0.3 is 5.97 Å². The Bertz CT molecular complexity index is 582. The van der Waals surface area contributed by atoms with Crippen molar-refractivity contribution in [2.24, 2.45) is 5.10 Å². The molecule has 0 unspecified atom stereocenters. The van der Waals surface area contributed by atoms with Crippen molar-refractivity contribution in [3.63, 3.8) is 0 Å². The quantitative estimate of drug-likeness (QED) is 0.613. The molecule has 0 aliphatic carbocycles. The highest BCUT2D eigenvalue weighted by atomic mass is 16.5. The third-order valence-electron chi connectivity index (χ3n) is 3.24. The molecule has 20 heavy (non-hydrogen) atoms. The second-order valence-corrected chi connectivity index (χ2v) is 5.08. The van der Waals surface area contributed by atoms with Crippen molar-refractivity contribution in [3.8, 4) is 5.75 Å². The summed E-state index contributed by atoms with van der Waals surface area (Å²) in [5, 5.41) is 5.15. The standard InChI is InChI=1S/C15H18N2O3/c1-9-7-10(2)14(11(3)8-9)20-15(19)12-5-6-13(18)17(4)16-12/h7-8H,5-6H2,1-4H3. The molecule has 1 amide bonds. The summed E-state index contributed by atoms with van der Waals surface area (Å²) in [4.78, 5) is 23.5. The molecule has 0 aromatic heterocycles. The molecule has 0 radical (unpaired) electrons. The van der Waals surface area contributed by atoms with Gasteiger partial charge in [0.05, 0.1) is 0 Å². The molecule has 2 rings (SSSR count). The van der Waals surface area contributed by atoms with E-state index in [2.05, 4.69) is 5.10 Å². The van der Waals surface area contributed by atoms with Crippen molar-refractivity contribution in [3.05, 3.63) is 28.8 Å². The third-order valence-corrected chi connectivity index (χ3v) is 3.24. The first-order chi connectivity index (χ1) is 9.38. The molecule has 0 atom stereocenters. The number of nitrogens with zero attached hydrogens (tertiary/aromatic N) is 2. The number of hydrogen-bond acceptors (Lipinski definition) is 4. The van der Waals surface area contributed by atoms with E-state index in [0.29, 0.717) is 12.2 Å². The van der Waals surface area contributed by atoms with Gasteiger partial charge in [-0.3, -0.25) is 4.79 Å². The number of hydrazone groups is 1. The zero-order chi connectivity index (χ0) is 14.9. The fourth-order valence-electron chi connectivity index (χ4n) is 2.30. The lowest BCUT2D eigenvalue weighted by Crippen LogP contribution is -2.33. The van der Waals surface area contributed by atoms with Crippen LogP contribution < -0.4 is 4.74 Å². The van der Waals surface area contributed by atoms with Gasteiger partial charge in [0.25, 0.3) is 0 Å². The minimum Gasteiger partial charge on any atom is -0.421 e. The molecule has 5 nitrogen and oxygen atoms in total. The predicted octanol–water partition coefficient (Wildman–Crippen LogP) is 2.13. The van der Waals surface area contributed by atoms with Gasteiger partial charge in [0.15, 0.2) is 0 Å². The first-order valence-electron chi connectivity index (χ1n) is 6.52. The van der Waals surface area contributed by atoms with Crippen molar-refractivity contribution in [2.45, 2.75) is 33.6 Å². The van der Waals surface area contributed by atoms with Crippen LogP contribution >= 0.6 is 0 Å². The Morgan fingerprint density at radius 2 is 1.80 bits per heavy atom. The summed E-state index contributed by atoms with van der Waals surface area (Å²) in [6, 6.07) is 3.93. The molecule has 0 spiro atoms. The van der Waals surface area contributed by atoms with E-state index in [1.165, 1.54) is 12.1 Å². The molecule has 0 saturated carbocycles. The second-order valence-electron chi connectivity index (χ2n) is 5.08. The van der Waals surface area contributed by atoms with E-state index in [0.717, 1.165) is 16.7 Å². The van der Waals surface area contributed by atoms with Crippen LogP contribution in [0.25, 0.3) is 0 Å². The molecule has 1 aromatic carbocycles. The van der Waals surface area contributed by atoms with E-state index in [9.17, 15) is 9.59 Å². The minimum absolute atomic E-state index is 0.0933. The average molecular weight is 274 g/mol. The van der Waals surface area contributed by atoms with E-state index in [1.54, 1.807) is 0 Å². The maximum atomic E-state index is 12.1. The van der Waals surface area contributed by atoms with Gasteiger partial charge in [0, 0.05) is 19.9 Å². The van der Waals surface area contributed by atoms with Gasteiger partial charge in [-0.15, -0.1) is 0 Å². The van der Waals surface area contributed by atoms with Crippen LogP contribution in [-0.2, 0) is 9.59 Å². The monoisotopic (exact) mass is 274 g/mol. The molecule has 0 bridgehead atoms. The Balaban J connectivity index is 2.21. The second kappa shape index (κ2) is 5.45. The van der Waals surface area contributed by atoms with Gasteiger partial charge in [0.2, 0.25) is 5.91 Å². The Labute approximate surface area is 118 Å². The van der Waals surface area contributed by atoms with Gasteiger partial charge < -0.3 is 4.74 Å². The Kier molecular flexibility index (Phi) is 3.88. The summed E-state index contributed by atoms with van der Waals surface area (Å²) in [5.74, 6) is -0.00787. The molecule has 1 heterocycles. The number of hydrogen-bond donors (Lipinski definition) is 0. The number of rotatable bonds is 2. The molecule has 1 aromatic rings. The van der Waals surface area contributed by atoms with Crippen LogP contribution in [0, 0.1) is 20.8 Å². The van der Waals surface area contributed by atoms with Crippen LogP contribution in [0.3, 0.4) is 0 Å². The third kappa shape index (κ3) is 2.87. The summed E-state index contributed by atoms with van der Waals surface area (Å²) in [6.07, 6.45) is 0.613. The summed E-state index contributed by atoms with van der Waals surface area (Å²) >= 11 is 0. The molecule has 1 aliphatic rings. The SMILES string of the molecule is Cc1cc(C)c(OC(=O)C2=NN(C)C(=O)CC2)c(C)c1. The van der Waals surface area contributed by atoms with Crippen LogP contribution in [0.15, 0.2) is 17.2 Å². The molecule has 5 heteroatoms. The van der Waals surface area contributed by atoms with Gasteiger partial charge in [-0.1, -0.05) is 17.7 Å². The van der Waals surface area contributed by atoms with Gasteiger partial charge in [0.1, 0.15) is 11.5 Å². The molecule has 0 fully saturated rings. The van der Waals surface area contributed by atoms with Crippen molar-refractivity contribution < 1.29 is 14.3 Å². The smallest absolute Gasteiger partial charge is 0.359 e. The lowest BCUT2D eigenvalue weighted by molar-refractivity contribution is -0.131. The van der Waals surface area contributed by atoms with E-state index in [4.69, 9.17) is 4.74 Å².